The molecule has 15 heavy (non-hydrogen) atoms. The van der Waals surface area contributed by atoms with Gasteiger partial charge in [0.2, 0.25) is 0 Å². The summed E-state index contributed by atoms with van der Waals surface area (Å²) < 4.78 is 6.41. The zero-order chi connectivity index (χ0) is 10.5. The van der Waals surface area contributed by atoms with Crippen LogP contribution in [0.2, 0.25) is 0 Å². The second kappa shape index (κ2) is 3.48. The highest BCUT2D eigenvalue weighted by Crippen LogP contribution is 2.53. The summed E-state index contributed by atoms with van der Waals surface area (Å²) >= 11 is 0. The summed E-state index contributed by atoms with van der Waals surface area (Å²) in [5.74, 6) is 3.55. The third kappa shape index (κ3) is 1.54. The van der Waals surface area contributed by atoms with Crippen LogP contribution in [0.5, 0.6) is 0 Å². The second-order valence-corrected chi connectivity index (χ2v) is 6.29. The van der Waals surface area contributed by atoms with Crippen LogP contribution < -0.4 is 0 Å². The molecule has 5 atom stereocenters. The Hall–Kier alpha value is -0.0400. The van der Waals surface area contributed by atoms with Crippen molar-refractivity contribution in [1.82, 2.24) is 0 Å². The highest BCUT2D eigenvalue weighted by Gasteiger charge is 2.50. The van der Waals surface area contributed by atoms with E-state index in [9.17, 15) is 0 Å². The highest BCUT2D eigenvalue weighted by atomic mass is 16.5. The van der Waals surface area contributed by atoms with Crippen LogP contribution in [0.25, 0.3) is 0 Å². The molecule has 1 saturated heterocycles. The van der Waals surface area contributed by atoms with E-state index in [2.05, 4.69) is 13.8 Å². The van der Waals surface area contributed by atoms with E-state index in [1.807, 2.05) is 0 Å². The third-order valence-electron chi connectivity index (χ3n) is 5.48. The third-order valence-corrected chi connectivity index (χ3v) is 5.48. The van der Waals surface area contributed by atoms with Crippen molar-refractivity contribution >= 4 is 0 Å². The smallest absolute Gasteiger partial charge is 0.0733 e. The Morgan fingerprint density at radius 1 is 1.00 bits per heavy atom. The molecule has 0 bridgehead atoms. The molecular weight excluding hydrogens is 184 g/mol. The van der Waals surface area contributed by atoms with Gasteiger partial charge in [0, 0.05) is 0 Å². The fourth-order valence-electron chi connectivity index (χ4n) is 4.10. The van der Waals surface area contributed by atoms with E-state index in [0.717, 1.165) is 30.3 Å². The summed E-state index contributed by atoms with van der Waals surface area (Å²) in [6.45, 7) is 5.92. The van der Waals surface area contributed by atoms with E-state index in [4.69, 9.17) is 4.74 Å². The van der Waals surface area contributed by atoms with Crippen molar-refractivity contribution in [2.75, 3.05) is 6.61 Å². The van der Waals surface area contributed by atoms with Gasteiger partial charge in [0.25, 0.3) is 0 Å². The maximum atomic E-state index is 6.41. The molecule has 3 fully saturated rings. The van der Waals surface area contributed by atoms with Crippen LogP contribution in [0.4, 0.5) is 0 Å². The quantitative estimate of drug-likeness (QED) is 0.590. The van der Waals surface area contributed by atoms with Crippen molar-refractivity contribution in [3.05, 3.63) is 0 Å². The van der Waals surface area contributed by atoms with E-state index in [0.29, 0.717) is 0 Å². The van der Waals surface area contributed by atoms with Crippen molar-refractivity contribution in [2.45, 2.75) is 58.0 Å². The summed E-state index contributed by atoms with van der Waals surface area (Å²) in [7, 11) is 0. The number of hydrogen-bond acceptors (Lipinski definition) is 1. The molecule has 1 aliphatic heterocycles. The fourth-order valence-corrected chi connectivity index (χ4v) is 4.10. The lowest BCUT2D eigenvalue weighted by Crippen LogP contribution is -2.48. The Bertz CT molecular complexity index is 224. The molecule has 0 aromatic rings. The largest absolute Gasteiger partial charge is 0.374 e. The van der Waals surface area contributed by atoms with E-state index < -0.39 is 0 Å². The zero-order valence-corrected chi connectivity index (χ0v) is 10.2. The molecule has 1 unspecified atom stereocenters. The molecule has 86 valence electrons. The number of ether oxygens (including phenoxy) is 1. The van der Waals surface area contributed by atoms with Crippen LogP contribution in [0, 0.1) is 23.7 Å². The molecule has 1 spiro atoms. The van der Waals surface area contributed by atoms with Crippen molar-refractivity contribution in [3.8, 4) is 0 Å². The van der Waals surface area contributed by atoms with Gasteiger partial charge in [-0.3, -0.25) is 0 Å². The normalized spacial score (nSPS) is 54.8. The average Bonchev–Trinajstić information content (AvgIpc) is 2.94. The minimum atomic E-state index is 0.270. The summed E-state index contributed by atoms with van der Waals surface area (Å²) in [4.78, 5) is 0. The first-order valence-electron chi connectivity index (χ1n) is 6.86. The topological polar surface area (TPSA) is 9.23 Å². The summed E-state index contributed by atoms with van der Waals surface area (Å²) in [5.41, 5.74) is 0.270. The maximum Gasteiger partial charge on any atom is 0.0733 e. The van der Waals surface area contributed by atoms with E-state index in [-0.39, 0.29) is 5.60 Å². The molecule has 1 heterocycles. The molecule has 3 aliphatic rings. The number of hydrogen-bond donors (Lipinski definition) is 0. The Morgan fingerprint density at radius 2 is 1.73 bits per heavy atom. The molecule has 0 N–H and O–H groups in total. The van der Waals surface area contributed by atoms with Gasteiger partial charge in [-0.25, -0.2) is 0 Å². The lowest BCUT2D eigenvalue weighted by molar-refractivity contribution is -0.139. The molecule has 2 saturated carbocycles. The Labute approximate surface area is 93.6 Å². The minimum absolute atomic E-state index is 0.270. The van der Waals surface area contributed by atoms with Gasteiger partial charge < -0.3 is 4.74 Å². The first-order chi connectivity index (χ1) is 7.22. The fraction of sp³-hybridized carbons (Fsp3) is 1.00. The molecule has 1 nitrogen and oxygen atoms in total. The van der Waals surface area contributed by atoms with Gasteiger partial charge in [-0.15, -0.1) is 0 Å². The van der Waals surface area contributed by atoms with Crippen molar-refractivity contribution < 1.29 is 4.74 Å². The van der Waals surface area contributed by atoms with E-state index >= 15 is 0 Å². The molecule has 3 rings (SSSR count). The predicted molar refractivity (Wildman–Crippen MR) is 61.7 cm³/mol. The van der Waals surface area contributed by atoms with Crippen LogP contribution in [0.3, 0.4) is 0 Å². The first kappa shape index (κ1) is 10.1. The predicted octanol–water partition coefficient (Wildman–Crippen LogP) is 3.63. The average molecular weight is 208 g/mol. The molecule has 0 amide bonds. The standard InChI is InChI=1S/C14H24O/c1-10-4-3-5-11(2)14(10)7-6-12-8-13(12)9-15-14/h10-13H,3-9H2,1-2H3/t10-,11+,12-,13+,14?/m1/s1. The zero-order valence-electron chi connectivity index (χ0n) is 10.2. The van der Waals surface area contributed by atoms with E-state index in [1.165, 1.54) is 38.5 Å². The lowest BCUT2D eigenvalue weighted by atomic mass is 9.67. The van der Waals surface area contributed by atoms with Crippen LogP contribution in [-0.4, -0.2) is 12.2 Å². The molecule has 0 radical (unpaired) electrons. The Kier molecular flexibility index (Phi) is 2.35. The maximum absolute atomic E-state index is 6.41. The molecule has 1 heteroatoms. The van der Waals surface area contributed by atoms with Gasteiger partial charge in [0.15, 0.2) is 0 Å². The first-order valence-corrected chi connectivity index (χ1v) is 6.86. The van der Waals surface area contributed by atoms with Gasteiger partial charge in [-0.2, -0.15) is 0 Å². The van der Waals surface area contributed by atoms with Gasteiger partial charge in [0.1, 0.15) is 0 Å². The lowest BCUT2D eigenvalue weighted by Gasteiger charge is -2.47. The van der Waals surface area contributed by atoms with Crippen molar-refractivity contribution in [2.24, 2.45) is 23.7 Å². The highest BCUT2D eigenvalue weighted by molar-refractivity contribution is 5.00. The van der Waals surface area contributed by atoms with Crippen molar-refractivity contribution in [3.63, 3.8) is 0 Å². The van der Waals surface area contributed by atoms with Gasteiger partial charge in [-0.05, 0) is 55.8 Å². The van der Waals surface area contributed by atoms with Crippen LogP contribution >= 0.6 is 0 Å². The van der Waals surface area contributed by atoms with Gasteiger partial charge >= 0.3 is 0 Å². The van der Waals surface area contributed by atoms with Crippen LogP contribution in [0.15, 0.2) is 0 Å². The summed E-state index contributed by atoms with van der Waals surface area (Å²) in [6.07, 6.45) is 8.44. The monoisotopic (exact) mass is 208 g/mol. The van der Waals surface area contributed by atoms with E-state index in [1.54, 1.807) is 0 Å². The summed E-state index contributed by atoms with van der Waals surface area (Å²) in [5, 5.41) is 0. The second-order valence-electron chi connectivity index (χ2n) is 6.29. The van der Waals surface area contributed by atoms with Crippen molar-refractivity contribution in [1.29, 1.82) is 0 Å². The summed E-state index contributed by atoms with van der Waals surface area (Å²) in [6, 6.07) is 0. The van der Waals surface area contributed by atoms with Crippen LogP contribution in [-0.2, 0) is 4.74 Å². The minimum Gasteiger partial charge on any atom is -0.374 e. The molecule has 2 aliphatic carbocycles. The molecule has 0 aromatic carbocycles. The van der Waals surface area contributed by atoms with Gasteiger partial charge in [0.05, 0.1) is 12.2 Å². The number of rotatable bonds is 0. The number of fused-ring (bicyclic) bond motifs is 1. The van der Waals surface area contributed by atoms with Gasteiger partial charge in [-0.1, -0.05) is 20.3 Å². The Balaban J connectivity index is 1.79. The SMILES string of the molecule is C[C@@H]1CCC[C@H](C)C12CC[C@@H]1C[C@H]1CO2. The molecule has 0 aromatic heterocycles. The molecular formula is C14H24O. The van der Waals surface area contributed by atoms with Crippen LogP contribution in [0.1, 0.15) is 52.4 Å². The Morgan fingerprint density at radius 3 is 2.47 bits per heavy atom.